The lowest BCUT2D eigenvalue weighted by Gasteiger charge is -2.02. The Bertz CT molecular complexity index is 231. The molecule has 0 saturated carbocycles. The molecule has 1 aliphatic heterocycles. The van der Waals surface area contributed by atoms with Gasteiger partial charge in [0.05, 0.1) is 0 Å². The number of allylic oxidation sites excluding steroid dienone is 1. The lowest BCUT2D eigenvalue weighted by molar-refractivity contribution is 0.356. The van der Waals surface area contributed by atoms with Crippen molar-refractivity contribution < 1.29 is 17.0 Å². The Labute approximate surface area is 58.6 Å². The molecule has 5 heteroatoms. The first kappa shape index (κ1) is 7.53. The smallest absolute Gasteiger partial charge is 0.341 e. The molecule has 10 heavy (non-hydrogen) atoms. The van der Waals surface area contributed by atoms with Crippen molar-refractivity contribution in [3.63, 3.8) is 0 Å². The van der Waals surface area contributed by atoms with Gasteiger partial charge in [-0.15, -0.1) is 0 Å². The van der Waals surface area contributed by atoms with Crippen LogP contribution in [0.5, 0.6) is 0 Å². The largest absolute Gasteiger partial charge is 0.389 e. The Balaban J connectivity index is 2.82. The summed E-state index contributed by atoms with van der Waals surface area (Å²) in [5.74, 6) is 0. The molecule has 1 heterocycles. The van der Waals surface area contributed by atoms with Crippen LogP contribution in [0.15, 0.2) is 12.3 Å². The van der Waals surface area contributed by atoms with Gasteiger partial charge in [0, 0.05) is 6.42 Å². The fourth-order valence-electron chi connectivity index (χ4n) is 0.617. The van der Waals surface area contributed by atoms with Crippen molar-refractivity contribution in [2.75, 3.05) is 0 Å². The SMILES string of the molecule is O=S1(=O)OC=CCCC1F. The van der Waals surface area contributed by atoms with E-state index in [1.807, 2.05) is 0 Å². The molecule has 0 amide bonds. The fraction of sp³-hybridized carbons (Fsp3) is 0.600. The lowest BCUT2D eigenvalue weighted by atomic mass is 10.3. The van der Waals surface area contributed by atoms with E-state index in [9.17, 15) is 12.8 Å². The Morgan fingerprint density at radius 2 is 2.30 bits per heavy atom. The molecule has 0 aromatic heterocycles. The molecule has 1 aliphatic rings. The molecule has 0 aromatic rings. The highest BCUT2D eigenvalue weighted by atomic mass is 32.2. The van der Waals surface area contributed by atoms with E-state index in [2.05, 4.69) is 4.18 Å². The van der Waals surface area contributed by atoms with E-state index in [1.54, 1.807) is 0 Å². The van der Waals surface area contributed by atoms with Crippen molar-refractivity contribution in [2.24, 2.45) is 0 Å². The molecule has 1 rings (SSSR count). The predicted molar refractivity (Wildman–Crippen MR) is 33.3 cm³/mol. The predicted octanol–water partition coefficient (Wildman–Crippen LogP) is 0.936. The molecule has 58 valence electrons. The van der Waals surface area contributed by atoms with Crippen LogP contribution in [-0.2, 0) is 14.3 Å². The average molecular weight is 166 g/mol. The summed E-state index contributed by atoms with van der Waals surface area (Å²) >= 11 is 0. The highest BCUT2D eigenvalue weighted by Gasteiger charge is 2.26. The fourth-order valence-corrected chi connectivity index (χ4v) is 1.40. The minimum atomic E-state index is -3.95. The second kappa shape index (κ2) is 2.57. The summed E-state index contributed by atoms with van der Waals surface area (Å²) in [6, 6.07) is 0. The summed E-state index contributed by atoms with van der Waals surface area (Å²) in [4.78, 5) is 0. The molecule has 0 radical (unpaired) electrons. The van der Waals surface area contributed by atoms with Gasteiger partial charge in [-0.25, -0.2) is 4.39 Å². The van der Waals surface area contributed by atoms with Crippen molar-refractivity contribution in [2.45, 2.75) is 18.3 Å². The van der Waals surface area contributed by atoms with Crippen LogP contribution in [0.3, 0.4) is 0 Å². The minimum Gasteiger partial charge on any atom is -0.389 e. The van der Waals surface area contributed by atoms with E-state index in [0.717, 1.165) is 6.26 Å². The van der Waals surface area contributed by atoms with E-state index in [0.29, 0.717) is 6.42 Å². The van der Waals surface area contributed by atoms with Gasteiger partial charge in [0.2, 0.25) is 5.50 Å². The maximum atomic E-state index is 12.5. The summed E-state index contributed by atoms with van der Waals surface area (Å²) in [5.41, 5.74) is -1.87. The highest BCUT2D eigenvalue weighted by molar-refractivity contribution is 7.87. The summed E-state index contributed by atoms with van der Waals surface area (Å²) in [6.45, 7) is 0. The third-order valence-electron chi connectivity index (χ3n) is 1.16. The van der Waals surface area contributed by atoms with Gasteiger partial charge in [0.15, 0.2) is 0 Å². The van der Waals surface area contributed by atoms with E-state index >= 15 is 0 Å². The van der Waals surface area contributed by atoms with Gasteiger partial charge in [-0.3, -0.25) is 0 Å². The van der Waals surface area contributed by atoms with Gasteiger partial charge < -0.3 is 4.18 Å². The van der Waals surface area contributed by atoms with Gasteiger partial charge in [0.1, 0.15) is 6.26 Å². The van der Waals surface area contributed by atoms with E-state index < -0.39 is 15.6 Å². The molecule has 1 atom stereocenters. The normalized spacial score (nSPS) is 30.7. The number of hydrogen-bond donors (Lipinski definition) is 0. The molecule has 0 fully saturated rings. The monoisotopic (exact) mass is 166 g/mol. The molecule has 0 spiro atoms. The van der Waals surface area contributed by atoms with Crippen LogP contribution < -0.4 is 0 Å². The quantitative estimate of drug-likeness (QED) is 0.503. The van der Waals surface area contributed by atoms with Crippen LogP contribution in [0.1, 0.15) is 12.8 Å². The van der Waals surface area contributed by atoms with Gasteiger partial charge in [0.25, 0.3) is 0 Å². The zero-order valence-corrected chi connectivity index (χ0v) is 5.97. The van der Waals surface area contributed by atoms with Crippen LogP contribution >= 0.6 is 0 Å². The van der Waals surface area contributed by atoms with Crippen LogP contribution in [0.2, 0.25) is 0 Å². The first-order valence-corrected chi connectivity index (χ1v) is 4.31. The number of hydrogen-bond acceptors (Lipinski definition) is 3. The third kappa shape index (κ3) is 1.47. The minimum absolute atomic E-state index is 0.0150. The Morgan fingerprint density at radius 3 is 3.00 bits per heavy atom. The van der Waals surface area contributed by atoms with Gasteiger partial charge >= 0.3 is 10.1 Å². The Kier molecular flexibility index (Phi) is 1.94. The molecular formula is C5H7FO3S. The highest BCUT2D eigenvalue weighted by Crippen LogP contribution is 2.16. The van der Waals surface area contributed by atoms with Gasteiger partial charge in [-0.05, 0) is 12.5 Å². The zero-order valence-electron chi connectivity index (χ0n) is 5.16. The molecule has 0 aromatic carbocycles. The van der Waals surface area contributed by atoms with Crippen LogP contribution in [0.4, 0.5) is 4.39 Å². The van der Waals surface area contributed by atoms with Crippen LogP contribution in [0.25, 0.3) is 0 Å². The van der Waals surface area contributed by atoms with Crippen molar-refractivity contribution in [1.29, 1.82) is 0 Å². The molecule has 3 nitrogen and oxygen atoms in total. The number of alkyl halides is 1. The van der Waals surface area contributed by atoms with Crippen molar-refractivity contribution >= 4 is 10.1 Å². The maximum absolute atomic E-state index is 12.5. The second-order valence-electron chi connectivity index (χ2n) is 1.95. The molecule has 0 saturated heterocycles. The Hall–Kier alpha value is -0.580. The standard InChI is InChI=1S/C5H7FO3S/c6-5-3-1-2-4-9-10(5,7)8/h2,4-5H,1,3H2. The van der Waals surface area contributed by atoms with Crippen molar-refractivity contribution in [3.05, 3.63) is 12.3 Å². The van der Waals surface area contributed by atoms with E-state index in [1.165, 1.54) is 6.08 Å². The van der Waals surface area contributed by atoms with Gasteiger partial charge in [-0.1, -0.05) is 0 Å². The summed E-state index contributed by atoms with van der Waals surface area (Å²) < 4.78 is 37.7. The molecule has 0 N–H and O–H groups in total. The second-order valence-corrected chi connectivity index (χ2v) is 3.64. The molecule has 0 bridgehead atoms. The van der Waals surface area contributed by atoms with Crippen molar-refractivity contribution in [3.8, 4) is 0 Å². The van der Waals surface area contributed by atoms with Crippen LogP contribution in [0, 0.1) is 0 Å². The maximum Gasteiger partial charge on any atom is 0.341 e. The molecular weight excluding hydrogens is 159 g/mol. The van der Waals surface area contributed by atoms with Crippen molar-refractivity contribution in [1.82, 2.24) is 0 Å². The summed E-state index contributed by atoms with van der Waals surface area (Å²) in [7, 11) is -3.95. The Morgan fingerprint density at radius 1 is 1.60 bits per heavy atom. The van der Waals surface area contributed by atoms with Crippen LogP contribution in [-0.4, -0.2) is 13.9 Å². The number of halogens is 1. The van der Waals surface area contributed by atoms with E-state index in [-0.39, 0.29) is 6.42 Å². The molecule has 0 aliphatic carbocycles. The summed E-state index contributed by atoms with van der Waals surface area (Å²) in [5, 5.41) is 0. The molecule has 1 unspecified atom stereocenters. The van der Waals surface area contributed by atoms with Gasteiger partial charge in [-0.2, -0.15) is 8.42 Å². The third-order valence-corrected chi connectivity index (χ3v) is 2.40. The topological polar surface area (TPSA) is 43.4 Å². The van der Waals surface area contributed by atoms with E-state index in [4.69, 9.17) is 0 Å². The first-order chi connectivity index (χ1) is 4.63. The number of rotatable bonds is 0. The first-order valence-electron chi connectivity index (χ1n) is 2.84. The summed E-state index contributed by atoms with van der Waals surface area (Å²) in [6.07, 6.45) is 2.88. The lowest BCUT2D eigenvalue weighted by Crippen LogP contribution is -2.15. The average Bonchev–Trinajstić information content (AvgIpc) is 1.96. The zero-order chi connectivity index (χ0) is 7.61.